The average Bonchev–Trinajstić information content (AvgIpc) is 2.80. The summed E-state index contributed by atoms with van der Waals surface area (Å²) < 4.78 is 11.0. The van der Waals surface area contributed by atoms with Gasteiger partial charge in [0.15, 0.2) is 0 Å². The number of likely N-dealkylation sites (N-methyl/N-ethyl adjacent to an activating group) is 1. The molecule has 0 radical (unpaired) electrons. The number of rotatable bonds is 6. The van der Waals surface area contributed by atoms with Crippen molar-refractivity contribution in [3.63, 3.8) is 0 Å². The smallest absolute Gasteiger partial charge is 0.146 e. The molecule has 0 aromatic heterocycles. The largest absolute Gasteiger partial charge is 0.359 e. The molecular weight excluding hydrogens is 361 g/mol. The predicted octanol–water partition coefficient (Wildman–Crippen LogP) is 4.14. The van der Waals surface area contributed by atoms with E-state index >= 15 is 0 Å². The fourth-order valence-corrected chi connectivity index (χ4v) is 4.87. The van der Waals surface area contributed by atoms with E-state index in [4.69, 9.17) is 32.7 Å². The van der Waals surface area contributed by atoms with E-state index in [2.05, 4.69) is 11.9 Å². The summed E-state index contributed by atoms with van der Waals surface area (Å²) >= 11 is 12.3. The van der Waals surface area contributed by atoms with Crippen LogP contribution in [0.3, 0.4) is 0 Å². The highest BCUT2D eigenvalue weighted by atomic mass is 35.5. The van der Waals surface area contributed by atoms with Crippen molar-refractivity contribution < 1.29 is 14.3 Å². The van der Waals surface area contributed by atoms with Crippen LogP contribution >= 0.6 is 23.2 Å². The number of carbonyl (C=O) groups excluding carboxylic acids is 1. The number of halogens is 2. The number of hydrogen-bond acceptors (Lipinski definition) is 4. The third kappa shape index (κ3) is 3.60. The topological polar surface area (TPSA) is 38.8 Å². The van der Waals surface area contributed by atoms with Crippen LogP contribution in [0.5, 0.6) is 0 Å². The number of ether oxygens (including phenoxy) is 2. The summed E-state index contributed by atoms with van der Waals surface area (Å²) in [6.07, 6.45) is 2.39. The standard InChI is InChI=1S/C19H25Cl2NO3/c1-4-16(23)18-13(11-5-6-14(20)15(21)7-11)8-12-9-17(25-10-24-3)19(18)22(12)2/h5-7,12-13,17-19H,4,8-10H2,1-3H3/t12-,13-,17-,18-,19-/m1/s1. The van der Waals surface area contributed by atoms with Crippen molar-refractivity contribution in [2.24, 2.45) is 5.92 Å². The lowest BCUT2D eigenvalue weighted by Gasteiger charge is -2.43. The lowest BCUT2D eigenvalue weighted by molar-refractivity contribution is -0.132. The van der Waals surface area contributed by atoms with E-state index in [9.17, 15) is 4.79 Å². The van der Waals surface area contributed by atoms with Crippen LogP contribution in [0.1, 0.15) is 37.7 Å². The van der Waals surface area contributed by atoms with Gasteiger partial charge in [0.1, 0.15) is 12.6 Å². The first kappa shape index (κ1) is 19.1. The van der Waals surface area contributed by atoms with E-state index in [1.165, 1.54) is 0 Å². The van der Waals surface area contributed by atoms with E-state index in [-0.39, 0.29) is 36.6 Å². The fourth-order valence-electron chi connectivity index (χ4n) is 4.56. The number of nitrogens with zero attached hydrogens (tertiary/aromatic N) is 1. The molecule has 2 saturated heterocycles. The van der Waals surface area contributed by atoms with Gasteiger partial charge in [0.05, 0.1) is 16.1 Å². The molecule has 0 amide bonds. The number of Topliss-reactive ketones (excluding diaryl/α,β-unsaturated/α-hetero) is 1. The van der Waals surface area contributed by atoms with Gasteiger partial charge in [-0.25, -0.2) is 0 Å². The molecule has 2 aliphatic heterocycles. The Morgan fingerprint density at radius 2 is 2.04 bits per heavy atom. The third-order valence-electron chi connectivity index (χ3n) is 5.75. The van der Waals surface area contributed by atoms with Gasteiger partial charge in [0.25, 0.3) is 0 Å². The van der Waals surface area contributed by atoms with Crippen molar-refractivity contribution in [2.45, 2.75) is 50.3 Å². The van der Waals surface area contributed by atoms with Crippen molar-refractivity contribution in [3.05, 3.63) is 33.8 Å². The second-order valence-corrected chi connectivity index (χ2v) is 7.83. The van der Waals surface area contributed by atoms with Gasteiger partial charge in [-0.15, -0.1) is 0 Å². The van der Waals surface area contributed by atoms with Crippen molar-refractivity contribution in [1.29, 1.82) is 0 Å². The number of carbonyl (C=O) groups is 1. The van der Waals surface area contributed by atoms with Gasteiger partial charge in [0, 0.05) is 31.5 Å². The first-order valence-electron chi connectivity index (χ1n) is 8.78. The van der Waals surface area contributed by atoms with Crippen molar-refractivity contribution in [1.82, 2.24) is 4.90 Å². The summed E-state index contributed by atoms with van der Waals surface area (Å²) in [5.41, 5.74) is 1.09. The van der Waals surface area contributed by atoms with Crippen LogP contribution in [-0.4, -0.2) is 49.8 Å². The Morgan fingerprint density at radius 3 is 2.68 bits per heavy atom. The molecule has 138 valence electrons. The van der Waals surface area contributed by atoms with E-state index in [0.29, 0.717) is 22.5 Å². The SMILES string of the molecule is CCC(=O)[C@@H]1[C@H]2[C@H](OCOC)C[C@@H](C[C@@H]1c1ccc(Cl)c(Cl)c1)N2C. The molecule has 2 bridgehead atoms. The first-order valence-corrected chi connectivity index (χ1v) is 9.53. The predicted molar refractivity (Wildman–Crippen MR) is 99.3 cm³/mol. The number of piperidine rings is 1. The molecule has 5 atom stereocenters. The van der Waals surface area contributed by atoms with Crippen LogP contribution < -0.4 is 0 Å². The number of ketones is 1. The lowest BCUT2D eigenvalue weighted by atomic mass is 9.73. The molecule has 0 aliphatic carbocycles. The lowest BCUT2D eigenvalue weighted by Crippen LogP contribution is -2.51. The maximum Gasteiger partial charge on any atom is 0.146 e. The van der Waals surface area contributed by atoms with Gasteiger partial charge >= 0.3 is 0 Å². The molecule has 0 unspecified atom stereocenters. The van der Waals surface area contributed by atoms with Gasteiger partial charge in [-0.2, -0.15) is 0 Å². The zero-order chi connectivity index (χ0) is 18.1. The van der Waals surface area contributed by atoms with Gasteiger partial charge in [0.2, 0.25) is 0 Å². The normalized spacial score (nSPS) is 32.1. The zero-order valence-electron chi connectivity index (χ0n) is 14.9. The fraction of sp³-hybridized carbons (Fsp3) is 0.632. The van der Waals surface area contributed by atoms with Gasteiger partial charge in [-0.05, 0) is 43.5 Å². The van der Waals surface area contributed by atoms with Crippen molar-refractivity contribution in [3.8, 4) is 0 Å². The maximum absolute atomic E-state index is 12.9. The van der Waals surface area contributed by atoms with Crippen LogP contribution in [0.4, 0.5) is 0 Å². The Morgan fingerprint density at radius 1 is 1.28 bits per heavy atom. The van der Waals surface area contributed by atoms with Gasteiger partial charge in [-0.3, -0.25) is 9.69 Å². The first-order chi connectivity index (χ1) is 12.0. The summed E-state index contributed by atoms with van der Waals surface area (Å²) in [7, 11) is 3.73. The minimum Gasteiger partial charge on any atom is -0.359 e. The Bertz CT molecular complexity index is 639. The highest BCUT2D eigenvalue weighted by Gasteiger charge is 2.53. The van der Waals surface area contributed by atoms with Crippen molar-refractivity contribution >= 4 is 29.0 Å². The summed E-state index contributed by atoms with van der Waals surface area (Å²) in [5, 5.41) is 1.08. The second kappa shape index (κ2) is 7.93. The van der Waals surface area contributed by atoms with E-state index in [1.807, 2.05) is 25.1 Å². The van der Waals surface area contributed by atoms with Gasteiger partial charge in [-0.1, -0.05) is 36.2 Å². The maximum atomic E-state index is 12.9. The molecule has 0 N–H and O–H groups in total. The number of benzene rings is 1. The molecule has 2 heterocycles. The molecule has 6 heteroatoms. The number of hydrogen-bond donors (Lipinski definition) is 0. The number of fused-ring (bicyclic) bond motifs is 2. The molecule has 25 heavy (non-hydrogen) atoms. The zero-order valence-corrected chi connectivity index (χ0v) is 16.4. The molecule has 0 saturated carbocycles. The van der Waals surface area contributed by atoms with E-state index < -0.39 is 0 Å². The molecule has 0 spiro atoms. The Kier molecular flexibility index (Phi) is 6.07. The molecule has 4 nitrogen and oxygen atoms in total. The summed E-state index contributed by atoms with van der Waals surface area (Å²) in [5.74, 6) is 0.316. The summed E-state index contributed by atoms with van der Waals surface area (Å²) in [6.45, 7) is 2.19. The molecule has 2 fully saturated rings. The van der Waals surface area contributed by atoms with E-state index in [0.717, 1.165) is 18.4 Å². The van der Waals surface area contributed by atoms with Crippen LogP contribution in [0.15, 0.2) is 18.2 Å². The van der Waals surface area contributed by atoms with E-state index in [1.54, 1.807) is 7.11 Å². The molecule has 1 aromatic rings. The Labute approximate surface area is 159 Å². The van der Waals surface area contributed by atoms with Crippen LogP contribution in [0.2, 0.25) is 10.0 Å². The van der Waals surface area contributed by atoms with Crippen LogP contribution in [0, 0.1) is 5.92 Å². The molecule has 3 rings (SSSR count). The van der Waals surface area contributed by atoms with Gasteiger partial charge < -0.3 is 9.47 Å². The minimum atomic E-state index is -0.104. The molecule has 1 aromatic carbocycles. The molecular formula is C19H25Cl2NO3. The third-order valence-corrected chi connectivity index (χ3v) is 6.49. The highest BCUT2D eigenvalue weighted by Crippen LogP contribution is 2.48. The monoisotopic (exact) mass is 385 g/mol. The quantitative estimate of drug-likeness (QED) is 0.689. The highest BCUT2D eigenvalue weighted by molar-refractivity contribution is 6.42. The summed E-state index contributed by atoms with van der Waals surface area (Å²) in [6, 6.07) is 6.21. The number of methoxy groups -OCH3 is 1. The van der Waals surface area contributed by atoms with Crippen LogP contribution in [-0.2, 0) is 14.3 Å². The molecule has 2 aliphatic rings. The van der Waals surface area contributed by atoms with Crippen molar-refractivity contribution in [2.75, 3.05) is 21.0 Å². The average molecular weight is 386 g/mol. The Hall–Kier alpha value is -0.650. The van der Waals surface area contributed by atoms with Crippen LogP contribution in [0.25, 0.3) is 0 Å². The second-order valence-electron chi connectivity index (χ2n) is 7.02. The Balaban J connectivity index is 1.96. The summed E-state index contributed by atoms with van der Waals surface area (Å²) in [4.78, 5) is 15.2. The minimum absolute atomic E-state index is 0.0169.